The number of rotatable bonds is 8. The average molecular weight is 448 g/mol. The number of hydrogen-bond donors (Lipinski definition) is 2. The Balaban J connectivity index is 0.00000272. The van der Waals surface area contributed by atoms with Crippen LogP contribution in [0.25, 0.3) is 0 Å². The Bertz CT molecular complexity index is 852. The maximum absolute atomic E-state index is 13.7. The maximum atomic E-state index is 13.7. The molecule has 5 nitrogen and oxygen atoms in total. The molecule has 1 aliphatic heterocycles. The molecule has 1 aliphatic carbocycles. The van der Waals surface area contributed by atoms with Gasteiger partial charge < -0.3 is 20.3 Å². The lowest BCUT2D eigenvalue weighted by atomic mass is 10.1. The first-order chi connectivity index (χ1) is 14.7. The van der Waals surface area contributed by atoms with Gasteiger partial charge in [0.1, 0.15) is 11.6 Å². The summed E-state index contributed by atoms with van der Waals surface area (Å²) < 4.78 is 19.5. The summed E-state index contributed by atoms with van der Waals surface area (Å²) in [5.74, 6) is 0.952. The Labute approximate surface area is 189 Å². The van der Waals surface area contributed by atoms with Gasteiger partial charge in [-0.2, -0.15) is 0 Å². The van der Waals surface area contributed by atoms with E-state index in [9.17, 15) is 9.18 Å². The maximum Gasteiger partial charge on any atom is 0.321 e. The Morgan fingerprint density at radius 2 is 1.84 bits per heavy atom. The van der Waals surface area contributed by atoms with E-state index in [2.05, 4.69) is 22.8 Å². The van der Waals surface area contributed by atoms with Gasteiger partial charge in [-0.3, -0.25) is 0 Å². The number of aryl methyl sites for hydroxylation is 1. The van der Waals surface area contributed by atoms with Crippen molar-refractivity contribution in [2.24, 2.45) is 0 Å². The van der Waals surface area contributed by atoms with E-state index in [1.54, 1.807) is 6.07 Å². The number of nitrogens with one attached hydrogen (secondary N) is 2. The largest absolute Gasteiger partial charge is 0.493 e. The predicted octanol–water partition coefficient (Wildman–Crippen LogP) is 4.96. The van der Waals surface area contributed by atoms with Gasteiger partial charge in [-0.25, -0.2) is 9.18 Å². The van der Waals surface area contributed by atoms with Crippen molar-refractivity contribution in [3.8, 4) is 5.75 Å². The van der Waals surface area contributed by atoms with E-state index >= 15 is 0 Å². The highest BCUT2D eigenvalue weighted by Crippen LogP contribution is 2.41. The molecule has 2 aromatic rings. The van der Waals surface area contributed by atoms with Gasteiger partial charge >= 0.3 is 6.03 Å². The lowest BCUT2D eigenvalue weighted by Crippen LogP contribution is -2.48. The van der Waals surface area contributed by atoms with Crippen LogP contribution in [0, 0.1) is 5.82 Å². The minimum Gasteiger partial charge on any atom is -0.493 e. The van der Waals surface area contributed by atoms with Crippen molar-refractivity contribution in [1.82, 2.24) is 10.2 Å². The van der Waals surface area contributed by atoms with Crippen LogP contribution in [-0.4, -0.2) is 43.7 Å². The van der Waals surface area contributed by atoms with Crippen LogP contribution in [0.3, 0.4) is 0 Å². The number of carbonyl (C=O) groups is 1. The Morgan fingerprint density at radius 3 is 2.55 bits per heavy atom. The number of amides is 2. The summed E-state index contributed by atoms with van der Waals surface area (Å²) in [6, 6.07) is 13.1. The zero-order valence-corrected chi connectivity index (χ0v) is 18.6. The second-order valence-corrected chi connectivity index (χ2v) is 8.16. The first kappa shape index (κ1) is 23.4. The van der Waals surface area contributed by atoms with Crippen molar-refractivity contribution >= 4 is 24.1 Å². The first-order valence-corrected chi connectivity index (χ1v) is 11.0. The SMILES string of the molecule is Cl.O=C(Nc1ccc(CCCCOc2cc(F)cc(C3CC3)c2)cc1)N1CCNCC1. The molecule has 1 saturated heterocycles. The second-order valence-electron chi connectivity index (χ2n) is 8.16. The monoisotopic (exact) mass is 447 g/mol. The summed E-state index contributed by atoms with van der Waals surface area (Å²) in [5.41, 5.74) is 3.12. The van der Waals surface area contributed by atoms with E-state index in [4.69, 9.17) is 4.74 Å². The van der Waals surface area contributed by atoms with Crippen LogP contribution in [-0.2, 0) is 6.42 Å². The van der Waals surface area contributed by atoms with Gasteiger partial charge in [0.05, 0.1) is 6.61 Å². The standard InChI is InChI=1S/C24H30FN3O2.ClH/c25-21-15-20(19-6-7-19)16-23(17-21)30-14-2-1-3-18-4-8-22(9-5-18)27-24(29)28-12-10-26-11-13-28;/h4-5,8-9,15-17,19,26H,1-3,6-7,10-14H2,(H,27,29);1H. The van der Waals surface area contributed by atoms with Crippen LogP contribution < -0.4 is 15.4 Å². The molecule has 4 rings (SSSR count). The van der Waals surface area contributed by atoms with Crippen molar-refractivity contribution < 1.29 is 13.9 Å². The number of benzene rings is 2. The molecule has 168 valence electrons. The predicted molar refractivity (Wildman–Crippen MR) is 124 cm³/mol. The van der Waals surface area contributed by atoms with Gasteiger partial charge in [0.2, 0.25) is 0 Å². The minimum absolute atomic E-state index is 0. The molecule has 0 radical (unpaired) electrons. The van der Waals surface area contributed by atoms with Crippen LogP contribution in [0.15, 0.2) is 42.5 Å². The van der Waals surface area contributed by atoms with E-state index in [0.717, 1.165) is 69.5 Å². The number of hydrogen-bond acceptors (Lipinski definition) is 3. The number of anilines is 1. The summed E-state index contributed by atoms with van der Waals surface area (Å²) >= 11 is 0. The molecule has 0 unspecified atom stereocenters. The normalized spacial score (nSPS) is 15.8. The summed E-state index contributed by atoms with van der Waals surface area (Å²) in [4.78, 5) is 14.1. The molecule has 0 atom stereocenters. The fourth-order valence-electron chi connectivity index (χ4n) is 3.77. The Hall–Kier alpha value is -2.31. The highest BCUT2D eigenvalue weighted by Gasteiger charge is 2.24. The molecule has 0 spiro atoms. The molecule has 2 amide bonds. The molecule has 2 aromatic carbocycles. The lowest BCUT2D eigenvalue weighted by molar-refractivity contribution is 0.204. The van der Waals surface area contributed by atoms with Crippen molar-refractivity contribution in [2.45, 2.75) is 38.0 Å². The number of nitrogens with zero attached hydrogens (tertiary/aromatic N) is 1. The van der Waals surface area contributed by atoms with Crippen molar-refractivity contribution in [3.63, 3.8) is 0 Å². The van der Waals surface area contributed by atoms with Gasteiger partial charge in [0.15, 0.2) is 0 Å². The van der Waals surface area contributed by atoms with Gasteiger partial charge in [0.25, 0.3) is 0 Å². The summed E-state index contributed by atoms with van der Waals surface area (Å²) in [6.07, 6.45) is 5.17. The highest BCUT2D eigenvalue weighted by molar-refractivity contribution is 5.89. The Kier molecular flexibility index (Phi) is 8.55. The van der Waals surface area contributed by atoms with Gasteiger partial charge in [-0.15, -0.1) is 12.4 Å². The molecule has 2 N–H and O–H groups in total. The number of ether oxygens (including phenoxy) is 1. The van der Waals surface area contributed by atoms with Gasteiger partial charge in [-0.1, -0.05) is 12.1 Å². The third-order valence-corrected chi connectivity index (χ3v) is 5.68. The third-order valence-electron chi connectivity index (χ3n) is 5.68. The smallest absolute Gasteiger partial charge is 0.321 e. The van der Waals surface area contributed by atoms with Crippen LogP contribution in [0.4, 0.5) is 14.9 Å². The average Bonchev–Trinajstić information content (AvgIpc) is 3.60. The quantitative estimate of drug-likeness (QED) is 0.562. The molecule has 1 heterocycles. The third kappa shape index (κ3) is 7.11. The molecule has 0 bridgehead atoms. The molecule has 2 fully saturated rings. The highest BCUT2D eigenvalue weighted by atomic mass is 35.5. The van der Waals surface area contributed by atoms with Crippen LogP contribution >= 0.6 is 12.4 Å². The van der Waals surface area contributed by atoms with E-state index < -0.39 is 0 Å². The zero-order chi connectivity index (χ0) is 20.8. The van der Waals surface area contributed by atoms with Crippen molar-refractivity contribution in [2.75, 3.05) is 38.1 Å². The van der Waals surface area contributed by atoms with E-state index in [1.165, 1.54) is 11.6 Å². The molecule has 0 aromatic heterocycles. The molecular weight excluding hydrogens is 417 g/mol. The van der Waals surface area contributed by atoms with Gasteiger partial charge in [0, 0.05) is 37.9 Å². The van der Waals surface area contributed by atoms with Gasteiger partial charge in [-0.05, 0) is 73.4 Å². The molecule has 2 aliphatic rings. The molecule has 7 heteroatoms. The lowest BCUT2D eigenvalue weighted by Gasteiger charge is -2.27. The van der Waals surface area contributed by atoms with Crippen LogP contribution in [0.2, 0.25) is 0 Å². The summed E-state index contributed by atoms with van der Waals surface area (Å²) in [5, 5.41) is 6.21. The fourth-order valence-corrected chi connectivity index (χ4v) is 3.77. The zero-order valence-electron chi connectivity index (χ0n) is 17.7. The van der Waals surface area contributed by atoms with E-state index in [0.29, 0.717) is 18.3 Å². The number of piperazine rings is 1. The minimum atomic E-state index is -0.210. The van der Waals surface area contributed by atoms with E-state index in [1.807, 2.05) is 23.1 Å². The van der Waals surface area contributed by atoms with Crippen LogP contribution in [0.5, 0.6) is 5.75 Å². The molecule has 31 heavy (non-hydrogen) atoms. The number of halogens is 2. The fraction of sp³-hybridized carbons (Fsp3) is 0.458. The number of unbranched alkanes of at least 4 members (excludes halogenated alkanes) is 1. The first-order valence-electron chi connectivity index (χ1n) is 11.0. The van der Waals surface area contributed by atoms with Crippen molar-refractivity contribution in [1.29, 1.82) is 0 Å². The second kappa shape index (κ2) is 11.3. The summed E-state index contributed by atoms with van der Waals surface area (Å²) in [7, 11) is 0. The van der Waals surface area contributed by atoms with Crippen LogP contribution in [0.1, 0.15) is 42.7 Å². The van der Waals surface area contributed by atoms with Crippen molar-refractivity contribution in [3.05, 3.63) is 59.4 Å². The van der Waals surface area contributed by atoms with E-state index in [-0.39, 0.29) is 24.3 Å². The summed E-state index contributed by atoms with van der Waals surface area (Å²) in [6.45, 7) is 3.76. The Morgan fingerprint density at radius 1 is 1.10 bits per heavy atom. The molecule has 1 saturated carbocycles. The number of urea groups is 1. The molecular formula is C24H31ClFN3O2. The topological polar surface area (TPSA) is 53.6 Å². The number of carbonyl (C=O) groups excluding carboxylic acids is 1.